The Kier molecular flexibility index (Phi) is 35.4. The number of phosphoric acid groups is 1. The standard InChI is InChI=1S/C40H84NO6P/c1-6-8-10-12-14-16-18-20-22-24-26-28-30-32-35-44-38-40(39-47-48(42,43)46-37-34-41(3,4)5)45-36-33-31-29-27-25-23-21-19-17-15-13-11-9-7-2/h40H,6-39H2,1-5H3. The molecule has 0 aliphatic carbocycles. The minimum atomic E-state index is -4.38. The molecule has 0 saturated carbocycles. The van der Waals surface area contributed by atoms with Crippen LogP contribution in [0.3, 0.4) is 0 Å². The lowest BCUT2D eigenvalue weighted by atomic mass is 10.0. The van der Waals surface area contributed by atoms with Crippen LogP contribution < -0.4 is 4.89 Å². The summed E-state index contributed by atoms with van der Waals surface area (Å²) in [4.78, 5) is 12.3. The summed E-state index contributed by atoms with van der Waals surface area (Å²) >= 11 is 0. The van der Waals surface area contributed by atoms with Crippen LogP contribution in [-0.2, 0) is 23.1 Å². The molecule has 0 aromatic heterocycles. The minimum Gasteiger partial charge on any atom is -0.756 e. The fraction of sp³-hybridized carbons (Fsp3) is 1.00. The maximum Gasteiger partial charge on any atom is 0.268 e. The molecule has 0 amide bonds. The number of hydrogen-bond acceptors (Lipinski definition) is 6. The van der Waals surface area contributed by atoms with Gasteiger partial charge in [0.1, 0.15) is 19.3 Å². The van der Waals surface area contributed by atoms with Crippen molar-refractivity contribution in [3.8, 4) is 0 Å². The predicted molar refractivity (Wildman–Crippen MR) is 204 cm³/mol. The second-order valence-corrected chi connectivity index (χ2v) is 16.8. The molecule has 0 aromatic rings. The molecule has 0 N–H and O–H groups in total. The van der Waals surface area contributed by atoms with Gasteiger partial charge in [-0.3, -0.25) is 4.57 Å². The summed E-state index contributed by atoms with van der Waals surface area (Å²) in [6, 6.07) is 0. The highest BCUT2D eigenvalue weighted by atomic mass is 31.2. The third-order valence-corrected chi connectivity index (χ3v) is 10.2. The Labute approximate surface area is 300 Å². The van der Waals surface area contributed by atoms with E-state index < -0.39 is 13.9 Å². The van der Waals surface area contributed by atoms with E-state index in [1.807, 2.05) is 21.1 Å². The van der Waals surface area contributed by atoms with Gasteiger partial charge in [-0.25, -0.2) is 0 Å². The highest BCUT2D eigenvalue weighted by Crippen LogP contribution is 2.38. The highest BCUT2D eigenvalue weighted by Gasteiger charge is 2.18. The number of rotatable bonds is 40. The smallest absolute Gasteiger partial charge is 0.268 e. The van der Waals surface area contributed by atoms with Crippen LogP contribution in [0.4, 0.5) is 0 Å². The van der Waals surface area contributed by atoms with Crippen LogP contribution in [0.5, 0.6) is 0 Å². The van der Waals surface area contributed by atoms with Crippen molar-refractivity contribution in [1.82, 2.24) is 0 Å². The topological polar surface area (TPSA) is 77.1 Å². The number of nitrogens with zero attached hydrogens (tertiary/aromatic N) is 1. The average molecular weight is 706 g/mol. The molecule has 0 aromatic carbocycles. The van der Waals surface area contributed by atoms with Crippen molar-refractivity contribution in [2.75, 3.05) is 60.7 Å². The molecule has 0 fully saturated rings. The third kappa shape index (κ3) is 38.8. The Balaban J connectivity index is 4.08. The molecule has 0 bridgehead atoms. The molecule has 7 nitrogen and oxygen atoms in total. The van der Waals surface area contributed by atoms with E-state index in [-0.39, 0.29) is 13.2 Å². The van der Waals surface area contributed by atoms with Crippen molar-refractivity contribution in [2.45, 2.75) is 200 Å². The monoisotopic (exact) mass is 706 g/mol. The van der Waals surface area contributed by atoms with Gasteiger partial charge in [-0.1, -0.05) is 181 Å². The molecule has 48 heavy (non-hydrogen) atoms. The van der Waals surface area contributed by atoms with Crippen LogP contribution in [0.1, 0.15) is 194 Å². The van der Waals surface area contributed by atoms with Gasteiger partial charge in [-0.05, 0) is 12.8 Å². The number of hydrogen-bond donors (Lipinski definition) is 0. The Morgan fingerprint density at radius 3 is 1.21 bits per heavy atom. The first-order chi connectivity index (χ1) is 23.2. The molecule has 8 heteroatoms. The van der Waals surface area contributed by atoms with Gasteiger partial charge in [0.15, 0.2) is 0 Å². The van der Waals surface area contributed by atoms with Crippen LogP contribution >= 0.6 is 7.82 Å². The summed E-state index contributed by atoms with van der Waals surface area (Å²) in [5.74, 6) is 0. The van der Waals surface area contributed by atoms with Crippen LogP contribution in [-0.4, -0.2) is 71.3 Å². The predicted octanol–water partition coefficient (Wildman–Crippen LogP) is 11.6. The van der Waals surface area contributed by atoms with Gasteiger partial charge in [0, 0.05) is 13.2 Å². The molecule has 0 rings (SSSR count). The van der Waals surface area contributed by atoms with Crippen LogP contribution in [0.15, 0.2) is 0 Å². The lowest BCUT2D eigenvalue weighted by molar-refractivity contribution is -0.870. The van der Waals surface area contributed by atoms with Crippen molar-refractivity contribution in [3.63, 3.8) is 0 Å². The van der Waals surface area contributed by atoms with Crippen molar-refractivity contribution in [3.05, 3.63) is 0 Å². The van der Waals surface area contributed by atoms with Gasteiger partial charge in [0.05, 0.1) is 34.4 Å². The van der Waals surface area contributed by atoms with Crippen molar-refractivity contribution in [1.29, 1.82) is 0 Å². The number of ether oxygens (including phenoxy) is 2. The van der Waals surface area contributed by atoms with Gasteiger partial charge in [0.25, 0.3) is 7.82 Å². The minimum absolute atomic E-state index is 0.0670. The van der Waals surface area contributed by atoms with E-state index >= 15 is 0 Å². The lowest BCUT2D eigenvalue weighted by Gasteiger charge is -2.28. The normalized spacial score (nSPS) is 14.0. The summed E-state index contributed by atoms with van der Waals surface area (Å²) in [5.41, 5.74) is 0. The first-order valence-corrected chi connectivity index (χ1v) is 22.3. The molecular weight excluding hydrogens is 621 g/mol. The van der Waals surface area contributed by atoms with E-state index in [4.69, 9.17) is 18.5 Å². The Morgan fingerprint density at radius 1 is 0.479 bits per heavy atom. The fourth-order valence-corrected chi connectivity index (χ4v) is 6.67. The average Bonchev–Trinajstić information content (AvgIpc) is 3.04. The van der Waals surface area contributed by atoms with E-state index in [1.165, 1.54) is 161 Å². The zero-order valence-corrected chi connectivity index (χ0v) is 33.9. The van der Waals surface area contributed by atoms with Crippen molar-refractivity contribution < 1.29 is 32.5 Å². The summed E-state index contributed by atoms with van der Waals surface area (Å²) < 4.78 is 35.3. The number of quaternary nitrogens is 1. The molecular formula is C40H84NO6P. The van der Waals surface area contributed by atoms with Gasteiger partial charge in [-0.2, -0.15) is 0 Å². The van der Waals surface area contributed by atoms with Crippen molar-refractivity contribution in [2.24, 2.45) is 0 Å². The van der Waals surface area contributed by atoms with E-state index in [0.29, 0.717) is 30.8 Å². The lowest BCUT2D eigenvalue weighted by Crippen LogP contribution is -2.37. The van der Waals surface area contributed by atoms with Crippen LogP contribution in [0.2, 0.25) is 0 Å². The largest absolute Gasteiger partial charge is 0.756 e. The van der Waals surface area contributed by atoms with Gasteiger partial charge in [-0.15, -0.1) is 0 Å². The summed E-state index contributed by atoms with van der Waals surface area (Å²) in [5, 5.41) is 0. The molecule has 2 unspecified atom stereocenters. The second kappa shape index (κ2) is 35.4. The Morgan fingerprint density at radius 2 is 0.833 bits per heavy atom. The van der Waals surface area contributed by atoms with Gasteiger partial charge < -0.3 is 27.9 Å². The molecule has 290 valence electrons. The molecule has 0 saturated heterocycles. The highest BCUT2D eigenvalue weighted by molar-refractivity contribution is 7.45. The number of unbranched alkanes of at least 4 members (excludes halogenated alkanes) is 26. The number of phosphoric ester groups is 1. The van der Waals surface area contributed by atoms with E-state index in [1.54, 1.807) is 0 Å². The SMILES string of the molecule is CCCCCCCCCCCCCCCCOCC(COP(=O)([O-])OCC[N+](C)(C)C)OCCCCCCCCCCCCCCCC. The van der Waals surface area contributed by atoms with Crippen molar-refractivity contribution >= 4 is 7.82 Å². The first-order valence-electron chi connectivity index (χ1n) is 20.8. The second-order valence-electron chi connectivity index (χ2n) is 15.4. The maximum absolute atomic E-state index is 12.3. The number of likely N-dealkylation sites (N-methyl/N-ethyl adjacent to an activating group) is 1. The first kappa shape index (κ1) is 48.0. The van der Waals surface area contributed by atoms with E-state index in [0.717, 1.165) is 19.3 Å². The molecule has 0 aliphatic rings. The molecule has 0 spiro atoms. The van der Waals surface area contributed by atoms with Crippen LogP contribution in [0, 0.1) is 0 Å². The third-order valence-electron chi connectivity index (χ3n) is 9.23. The summed E-state index contributed by atoms with van der Waals surface area (Å²) in [6.45, 7) is 6.78. The van der Waals surface area contributed by atoms with Gasteiger partial charge in [0.2, 0.25) is 0 Å². The van der Waals surface area contributed by atoms with Crippen LogP contribution in [0.25, 0.3) is 0 Å². The molecule has 0 radical (unpaired) electrons. The fourth-order valence-electron chi connectivity index (χ4n) is 5.94. The maximum atomic E-state index is 12.3. The zero-order valence-electron chi connectivity index (χ0n) is 33.0. The Hall–Kier alpha value is -0.0100. The quantitative estimate of drug-likeness (QED) is 0.0359. The molecule has 0 aliphatic heterocycles. The van der Waals surface area contributed by atoms with E-state index in [9.17, 15) is 9.46 Å². The van der Waals surface area contributed by atoms with Gasteiger partial charge >= 0.3 is 0 Å². The molecule has 2 atom stereocenters. The van der Waals surface area contributed by atoms with E-state index in [2.05, 4.69) is 13.8 Å². The molecule has 0 heterocycles. The summed E-state index contributed by atoms with van der Waals surface area (Å²) in [6.07, 6.45) is 36.6. The zero-order chi connectivity index (χ0) is 35.4. The summed E-state index contributed by atoms with van der Waals surface area (Å²) in [7, 11) is 1.61. The Bertz CT molecular complexity index is 689.